The average molecular weight is 237 g/mol. The highest BCUT2D eigenvalue weighted by Crippen LogP contribution is 2.29. The van der Waals surface area contributed by atoms with Crippen molar-refractivity contribution in [3.05, 3.63) is 35.6 Å². The molecule has 0 aromatic heterocycles. The SMILES string of the molecule is NC(Cc1ccc(F)cc1)C(O)C1CCCC1. The summed E-state index contributed by atoms with van der Waals surface area (Å²) < 4.78 is 12.7. The molecule has 2 unspecified atom stereocenters. The molecule has 0 saturated heterocycles. The van der Waals surface area contributed by atoms with E-state index in [1.807, 2.05) is 0 Å². The number of nitrogens with two attached hydrogens (primary N) is 1. The smallest absolute Gasteiger partial charge is 0.123 e. The van der Waals surface area contributed by atoms with Crippen molar-refractivity contribution >= 4 is 0 Å². The molecule has 1 aliphatic rings. The Labute approximate surface area is 102 Å². The van der Waals surface area contributed by atoms with Crippen LogP contribution in [0.25, 0.3) is 0 Å². The van der Waals surface area contributed by atoms with Gasteiger partial charge in [-0.2, -0.15) is 0 Å². The second-order valence-corrected chi connectivity index (χ2v) is 5.03. The molecule has 2 nitrogen and oxygen atoms in total. The first-order chi connectivity index (χ1) is 8.16. The van der Waals surface area contributed by atoms with Crippen LogP contribution in [-0.2, 0) is 6.42 Å². The van der Waals surface area contributed by atoms with E-state index in [1.165, 1.54) is 25.0 Å². The normalized spacial score (nSPS) is 20.4. The first-order valence-electron chi connectivity index (χ1n) is 6.35. The van der Waals surface area contributed by atoms with E-state index in [2.05, 4.69) is 0 Å². The standard InChI is InChI=1S/C14H20FNO/c15-12-7-5-10(6-8-12)9-13(16)14(17)11-3-1-2-4-11/h5-8,11,13-14,17H,1-4,9,16H2. The fourth-order valence-electron chi connectivity index (χ4n) is 2.66. The summed E-state index contributed by atoms with van der Waals surface area (Å²) in [5.41, 5.74) is 7.01. The van der Waals surface area contributed by atoms with Gasteiger partial charge in [-0.15, -0.1) is 0 Å². The molecule has 0 radical (unpaired) electrons. The zero-order valence-corrected chi connectivity index (χ0v) is 9.98. The first-order valence-corrected chi connectivity index (χ1v) is 6.35. The van der Waals surface area contributed by atoms with Gasteiger partial charge in [0.05, 0.1) is 6.10 Å². The van der Waals surface area contributed by atoms with Crippen LogP contribution in [0.2, 0.25) is 0 Å². The minimum absolute atomic E-state index is 0.237. The Hall–Kier alpha value is -0.930. The third-order valence-corrected chi connectivity index (χ3v) is 3.71. The van der Waals surface area contributed by atoms with E-state index in [1.54, 1.807) is 12.1 Å². The lowest BCUT2D eigenvalue weighted by molar-refractivity contribution is 0.0845. The van der Waals surface area contributed by atoms with Crippen molar-refractivity contribution in [2.24, 2.45) is 11.7 Å². The minimum Gasteiger partial charge on any atom is -0.391 e. The monoisotopic (exact) mass is 237 g/mol. The molecule has 17 heavy (non-hydrogen) atoms. The maximum atomic E-state index is 12.7. The highest BCUT2D eigenvalue weighted by molar-refractivity contribution is 5.17. The maximum absolute atomic E-state index is 12.7. The van der Waals surface area contributed by atoms with Gasteiger partial charge in [0.25, 0.3) is 0 Å². The van der Waals surface area contributed by atoms with Crippen LogP contribution >= 0.6 is 0 Å². The Kier molecular flexibility index (Phi) is 4.13. The summed E-state index contributed by atoms with van der Waals surface area (Å²) in [5.74, 6) is 0.115. The van der Waals surface area contributed by atoms with Crippen molar-refractivity contribution in [2.45, 2.75) is 44.2 Å². The van der Waals surface area contributed by atoms with Crippen LogP contribution in [0.1, 0.15) is 31.2 Å². The zero-order chi connectivity index (χ0) is 12.3. The van der Waals surface area contributed by atoms with Crippen molar-refractivity contribution < 1.29 is 9.50 Å². The Bertz CT molecular complexity index is 346. The molecule has 3 heteroatoms. The van der Waals surface area contributed by atoms with E-state index in [0.717, 1.165) is 18.4 Å². The summed E-state index contributed by atoms with van der Waals surface area (Å²) in [7, 11) is 0. The van der Waals surface area contributed by atoms with Crippen LogP contribution in [-0.4, -0.2) is 17.3 Å². The van der Waals surface area contributed by atoms with E-state index >= 15 is 0 Å². The average Bonchev–Trinajstić information content (AvgIpc) is 2.84. The molecule has 2 atom stereocenters. The first kappa shape index (κ1) is 12.5. The number of halogens is 1. The third-order valence-electron chi connectivity index (χ3n) is 3.71. The Morgan fingerprint density at radius 1 is 1.24 bits per heavy atom. The van der Waals surface area contributed by atoms with Gasteiger partial charge >= 0.3 is 0 Å². The fraction of sp³-hybridized carbons (Fsp3) is 0.571. The summed E-state index contributed by atoms with van der Waals surface area (Å²) in [6.07, 6.45) is 4.74. The molecule has 94 valence electrons. The predicted octanol–water partition coefficient (Wildman–Crippen LogP) is 2.25. The molecule has 1 fully saturated rings. The number of benzene rings is 1. The van der Waals surface area contributed by atoms with E-state index in [0.29, 0.717) is 12.3 Å². The van der Waals surface area contributed by atoms with Crippen molar-refractivity contribution in [1.29, 1.82) is 0 Å². The molecule has 0 amide bonds. The van der Waals surface area contributed by atoms with Gasteiger partial charge in [-0.1, -0.05) is 25.0 Å². The van der Waals surface area contributed by atoms with Gasteiger partial charge in [0.1, 0.15) is 5.82 Å². The topological polar surface area (TPSA) is 46.2 Å². The summed E-state index contributed by atoms with van der Waals surface area (Å²) in [4.78, 5) is 0. The summed E-state index contributed by atoms with van der Waals surface area (Å²) >= 11 is 0. The zero-order valence-electron chi connectivity index (χ0n) is 9.98. The molecule has 1 aromatic carbocycles. The Morgan fingerprint density at radius 2 is 1.82 bits per heavy atom. The van der Waals surface area contributed by atoms with Gasteiger partial charge in [-0.3, -0.25) is 0 Å². The van der Waals surface area contributed by atoms with Crippen molar-refractivity contribution in [1.82, 2.24) is 0 Å². The Balaban J connectivity index is 1.91. The predicted molar refractivity (Wildman–Crippen MR) is 66.0 cm³/mol. The summed E-state index contributed by atoms with van der Waals surface area (Å²) in [5, 5.41) is 10.1. The maximum Gasteiger partial charge on any atom is 0.123 e. The quantitative estimate of drug-likeness (QED) is 0.843. The van der Waals surface area contributed by atoms with E-state index in [9.17, 15) is 9.50 Å². The molecular weight excluding hydrogens is 217 g/mol. The van der Waals surface area contributed by atoms with E-state index in [-0.39, 0.29) is 11.9 Å². The largest absolute Gasteiger partial charge is 0.391 e. The van der Waals surface area contributed by atoms with Gasteiger partial charge in [0.2, 0.25) is 0 Å². The van der Waals surface area contributed by atoms with Crippen molar-refractivity contribution in [2.75, 3.05) is 0 Å². The minimum atomic E-state index is -0.428. The summed E-state index contributed by atoms with van der Waals surface area (Å²) in [6.45, 7) is 0. The molecule has 1 aliphatic carbocycles. The third kappa shape index (κ3) is 3.27. The van der Waals surface area contributed by atoms with Crippen LogP contribution in [0.15, 0.2) is 24.3 Å². The lowest BCUT2D eigenvalue weighted by atomic mass is 9.91. The van der Waals surface area contributed by atoms with Gasteiger partial charge in [0.15, 0.2) is 0 Å². The second-order valence-electron chi connectivity index (χ2n) is 5.03. The molecule has 0 bridgehead atoms. The highest BCUT2D eigenvalue weighted by atomic mass is 19.1. The van der Waals surface area contributed by atoms with Crippen molar-refractivity contribution in [3.63, 3.8) is 0 Å². The van der Waals surface area contributed by atoms with Gasteiger partial charge in [-0.25, -0.2) is 4.39 Å². The van der Waals surface area contributed by atoms with Crippen LogP contribution in [0, 0.1) is 11.7 Å². The molecule has 2 rings (SSSR count). The molecule has 3 N–H and O–H groups in total. The summed E-state index contributed by atoms with van der Waals surface area (Å²) in [6, 6.07) is 6.09. The molecule has 0 spiro atoms. The molecule has 0 aliphatic heterocycles. The van der Waals surface area contributed by atoms with Crippen molar-refractivity contribution in [3.8, 4) is 0 Å². The number of rotatable bonds is 4. The van der Waals surface area contributed by atoms with Crippen LogP contribution in [0.3, 0.4) is 0 Å². The molecule has 0 heterocycles. The number of aliphatic hydroxyl groups excluding tert-OH is 1. The number of aliphatic hydroxyl groups is 1. The van der Waals surface area contributed by atoms with Gasteiger partial charge in [0, 0.05) is 6.04 Å². The van der Waals surface area contributed by atoms with Crippen LogP contribution in [0.5, 0.6) is 0 Å². The van der Waals surface area contributed by atoms with Crippen LogP contribution < -0.4 is 5.73 Å². The lowest BCUT2D eigenvalue weighted by Gasteiger charge is -2.24. The molecule has 1 aromatic rings. The van der Waals surface area contributed by atoms with Crippen LogP contribution in [0.4, 0.5) is 4.39 Å². The van der Waals surface area contributed by atoms with E-state index in [4.69, 9.17) is 5.73 Å². The molecule has 1 saturated carbocycles. The fourth-order valence-corrected chi connectivity index (χ4v) is 2.66. The molecular formula is C14H20FNO. The van der Waals surface area contributed by atoms with Gasteiger partial charge in [-0.05, 0) is 42.9 Å². The number of hydrogen-bond acceptors (Lipinski definition) is 2. The van der Waals surface area contributed by atoms with E-state index < -0.39 is 6.10 Å². The Morgan fingerprint density at radius 3 is 2.41 bits per heavy atom. The number of hydrogen-bond donors (Lipinski definition) is 2. The second kappa shape index (κ2) is 5.61. The lowest BCUT2D eigenvalue weighted by Crippen LogP contribution is -2.40. The highest BCUT2D eigenvalue weighted by Gasteiger charge is 2.27. The van der Waals surface area contributed by atoms with Gasteiger partial charge < -0.3 is 10.8 Å².